The molecule has 0 bridgehead atoms. The lowest BCUT2D eigenvalue weighted by Gasteiger charge is -2.53. The van der Waals surface area contributed by atoms with Crippen molar-refractivity contribution in [3.8, 4) is 0 Å². The van der Waals surface area contributed by atoms with Crippen molar-refractivity contribution in [2.75, 3.05) is 52.9 Å². The number of carbonyl (C=O) groups excluding carboxylic acids is 5. The van der Waals surface area contributed by atoms with Gasteiger partial charge in [-0.1, -0.05) is 162 Å². The summed E-state index contributed by atoms with van der Waals surface area (Å²) in [5, 5.41) is 309. The van der Waals surface area contributed by atoms with Crippen molar-refractivity contribution < 1.29 is 237 Å². The summed E-state index contributed by atoms with van der Waals surface area (Å²) in [5.74, 6) is -22.0. The maximum absolute atomic E-state index is 14.3. The van der Waals surface area contributed by atoms with Crippen LogP contribution in [0.2, 0.25) is 0 Å². The third-order valence-electron chi connectivity index (χ3n) is 27.8. The van der Waals surface area contributed by atoms with E-state index in [-0.39, 0.29) is 12.8 Å². The first-order chi connectivity index (χ1) is 69.2. The number of carboxylic acid groups (broad SMARTS) is 3. The second kappa shape index (κ2) is 61.4. The topological polar surface area (TPSA) is 852 Å². The minimum absolute atomic E-state index is 0.0430. The highest BCUT2D eigenvalue weighted by atomic mass is 16.8. The van der Waals surface area contributed by atoms with Crippen molar-refractivity contribution in [1.82, 2.24) is 26.6 Å². The molecule has 7 fully saturated rings. The van der Waals surface area contributed by atoms with Gasteiger partial charge < -0.3 is 226 Å². The van der Waals surface area contributed by atoms with Gasteiger partial charge in [0.25, 0.3) is 17.4 Å². The fourth-order valence-electron chi connectivity index (χ4n) is 19.4. The third-order valence-corrected chi connectivity index (χ3v) is 27.8. The van der Waals surface area contributed by atoms with Gasteiger partial charge in [0.15, 0.2) is 25.2 Å². The lowest BCUT2D eigenvalue weighted by atomic mass is 9.87. The summed E-state index contributed by atoms with van der Waals surface area (Å²) in [7, 11) is 0. The lowest BCUT2D eigenvalue weighted by Crippen LogP contribution is -2.73. The van der Waals surface area contributed by atoms with Crippen LogP contribution in [0.3, 0.4) is 0 Å². The monoisotopic (exact) mass is 2120 g/mol. The molecule has 0 radical (unpaired) electrons. The molecule has 146 heavy (non-hydrogen) atoms. The van der Waals surface area contributed by atoms with Gasteiger partial charge in [-0.2, -0.15) is 0 Å². The first kappa shape index (κ1) is 127. The Morgan fingerprint density at radius 3 is 1.15 bits per heavy atom. The molecule has 1 unspecified atom stereocenters. The molecule has 848 valence electrons. The van der Waals surface area contributed by atoms with Gasteiger partial charge in [0.05, 0.1) is 101 Å². The molecule has 53 nitrogen and oxygen atoms in total. The van der Waals surface area contributed by atoms with Crippen molar-refractivity contribution >= 4 is 47.4 Å². The molecule has 7 saturated heterocycles. The van der Waals surface area contributed by atoms with E-state index in [0.29, 0.717) is 18.8 Å². The molecule has 0 aromatic rings. The van der Waals surface area contributed by atoms with E-state index < -0.39 is 369 Å². The number of aliphatic carboxylic acids is 3. The van der Waals surface area contributed by atoms with Gasteiger partial charge in [0.1, 0.15) is 159 Å². The molecule has 0 aromatic heterocycles. The minimum atomic E-state index is -3.68. The summed E-state index contributed by atoms with van der Waals surface area (Å²) < 4.78 is 83.6. The standard InChI is InChI=1S/C93H163N5O48/c1-8-10-11-12-13-14-15-16-17-18-23-26-29-32-61(116)98-49(66(117)50(110)31-28-25-22-20-19-21-24-27-30-44(3)9-2)43-133-85-73(124)72(123)76(59(41-104)137-85)139-87-74(125)82(71(122)58(40-103)136-87)140-84-65(97-48(7)109)81(70(121)56(38-101)134-84)145-92(89(129)130)34-53(113)64(96-47(6)108)80(144-92)69(120)57(39-102)135-86-75(126)83(146-93(90(131)132)35-52(112)63(95-46(5)107)79(143-93)68(119)55(115)37-100)77(60(42-105)138-86)141-91(88(127)128)33-51(111)62(94-45(4)106)78(142-91)67(118)54(114)36-99/h44,49-60,62-87,99-105,110-115,117-126H,8-43H2,1-7H3,(H,94,106)(H,95,107)(H,96,108)(H,97,109)(H,98,116)(H,127,128)(H,129,130)(H,131,132)/t44?,49-,50+,51-,52-,53-,54+,55+,56+,57+,58+,59+,60+,62+,63+,64+,65+,66-,67+,68+,69+,70-,71-,72+,73+,74+,75+,76+,77-,78+,79+,80+,81+,82-,83+,84-,85+,86+,87-,91+,92-,93-/m0/s1. The Morgan fingerprint density at radius 2 is 0.733 bits per heavy atom. The highest BCUT2D eigenvalue weighted by molar-refractivity contribution is 5.79. The molecule has 0 aromatic carbocycles. The van der Waals surface area contributed by atoms with E-state index in [1.807, 2.05) is 0 Å². The highest BCUT2D eigenvalue weighted by Gasteiger charge is 2.67. The number of carbonyl (C=O) groups is 8. The van der Waals surface area contributed by atoms with Crippen molar-refractivity contribution in [3.05, 3.63) is 0 Å². The van der Waals surface area contributed by atoms with Gasteiger partial charge in [-0.05, 0) is 18.8 Å². The average molecular weight is 2120 g/mol. The van der Waals surface area contributed by atoms with Crippen molar-refractivity contribution in [2.45, 2.75) is 478 Å². The first-order valence-electron chi connectivity index (χ1n) is 50.7. The van der Waals surface area contributed by atoms with Crippen molar-refractivity contribution in [2.24, 2.45) is 5.92 Å². The SMILES string of the molecule is CCCCCCCCCCCCCCCC(=O)N[C@@H](CO[C@@H]1O[C@H](CO)[C@@H](O[C@@H]2O[C@H](CO)[C@H](O)[C@H](O[C@@H]3O[C@H](CO)[C@H](O)[C@H](O[C@]4(C(=O)O)C[C@H](O)[C@@H](NC(C)=O)[C@H]([C@H](O)[C@@H](CO)O[C@@H]5O[C@H](CO)[C@H](O[C@]6(C(=O)O)C[C@H](O)[C@@H](NC(C)=O)[C@H]([C@H](O)[C@H](O)CO)O6)[C@H](O[C@]6(C(=O)O)C[C@H](O)[C@@H](NC(C)=O)[C@H]([C@H](O)[C@H](O)CO)O6)[C@H]5O)O4)[C@H]3NC(C)=O)[C@H]2O)[C@H](O)[C@H]1O)[C@H](O)[C@H](O)CCCCCCCCCCC(C)CC. The van der Waals surface area contributed by atoms with Gasteiger partial charge in [-0.25, -0.2) is 14.4 Å². The van der Waals surface area contributed by atoms with Gasteiger partial charge in [-0.3, -0.25) is 24.0 Å². The van der Waals surface area contributed by atoms with Crippen molar-refractivity contribution in [3.63, 3.8) is 0 Å². The van der Waals surface area contributed by atoms with E-state index in [2.05, 4.69) is 47.4 Å². The number of ether oxygens (including phenoxy) is 14. The maximum atomic E-state index is 14.3. The summed E-state index contributed by atoms with van der Waals surface area (Å²) in [5.41, 5.74) is 0. The Bertz CT molecular complexity index is 3890. The summed E-state index contributed by atoms with van der Waals surface area (Å²) in [6.45, 7) is -0.117. The maximum Gasteiger partial charge on any atom is 0.364 e. The zero-order chi connectivity index (χ0) is 109. The third kappa shape index (κ3) is 34.6. The van der Waals surface area contributed by atoms with Crippen LogP contribution >= 0.6 is 0 Å². The summed E-state index contributed by atoms with van der Waals surface area (Å²) >= 11 is 0. The van der Waals surface area contributed by atoms with E-state index in [4.69, 9.17) is 66.3 Å². The average Bonchev–Trinajstić information content (AvgIpc) is 0.743. The largest absolute Gasteiger partial charge is 0.477 e. The van der Waals surface area contributed by atoms with Crippen LogP contribution in [0.1, 0.15) is 228 Å². The Hall–Kier alpha value is -5.72. The molecule has 0 aliphatic carbocycles. The van der Waals surface area contributed by atoms with Crippen LogP contribution in [-0.2, 0) is 105 Å². The number of nitrogens with one attached hydrogen (secondary N) is 5. The molecule has 5 amide bonds. The molecule has 7 aliphatic rings. The van der Waals surface area contributed by atoms with E-state index in [9.17, 15) is 171 Å². The fraction of sp³-hybridized carbons (Fsp3) is 0.914. The zero-order valence-electron chi connectivity index (χ0n) is 83.6. The van der Waals surface area contributed by atoms with Gasteiger partial charge in [0, 0.05) is 53.4 Å². The van der Waals surface area contributed by atoms with Gasteiger partial charge >= 0.3 is 17.9 Å². The van der Waals surface area contributed by atoms with E-state index in [1.165, 1.54) is 51.4 Å². The molecule has 42 atom stereocenters. The Kier molecular flexibility index (Phi) is 53.5. The Morgan fingerprint density at radius 1 is 0.370 bits per heavy atom. The number of hydrogen-bond donors (Lipinski definition) is 31. The molecule has 7 rings (SSSR count). The fourth-order valence-corrected chi connectivity index (χ4v) is 19.4. The van der Waals surface area contributed by atoms with Crippen LogP contribution < -0.4 is 26.6 Å². The number of amides is 5. The predicted molar refractivity (Wildman–Crippen MR) is 493 cm³/mol. The summed E-state index contributed by atoms with van der Waals surface area (Å²) in [4.78, 5) is 107. The summed E-state index contributed by atoms with van der Waals surface area (Å²) in [6.07, 6.45) is -57.7. The van der Waals surface area contributed by atoms with Crippen LogP contribution in [0.4, 0.5) is 0 Å². The molecule has 0 spiro atoms. The number of rotatable bonds is 64. The zero-order valence-corrected chi connectivity index (χ0v) is 83.6. The number of hydrogen-bond acceptors (Lipinski definition) is 45. The van der Waals surface area contributed by atoms with Crippen LogP contribution in [-0.4, -0.2) is 483 Å². The molecule has 53 heteroatoms. The minimum Gasteiger partial charge on any atom is -0.477 e. The molecule has 7 heterocycles. The van der Waals surface area contributed by atoms with Crippen LogP contribution in [0, 0.1) is 5.92 Å². The number of aliphatic hydroxyl groups excluding tert-OH is 23. The highest BCUT2D eigenvalue weighted by Crippen LogP contribution is 2.46. The normalized spacial score (nSPS) is 36.1. The van der Waals surface area contributed by atoms with Gasteiger partial charge in [0.2, 0.25) is 29.5 Å². The summed E-state index contributed by atoms with van der Waals surface area (Å²) in [6, 6.07) is -9.64. The van der Waals surface area contributed by atoms with E-state index in [1.54, 1.807) is 0 Å². The lowest BCUT2D eigenvalue weighted by molar-refractivity contribution is -0.404. The number of unbranched alkanes of at least 4 members (excludes halogenated alkanes) is 19. The van der Waals surface area contributed by atoms with E-state index in [0.717, 1.165) is 111 Å². The van der Waals surface area contributed by atoms with Crippen LogP contribution in [0.5, 0.6) is 0 Å². The van der Waals surface area contributed by atoms with E-state index >= 15 is 0 Å². The Labute approximate surface area is 845 Å². The Balaban J connectivity index is 1.16. The second-order valence-electron chi connectivity index (χ2n) is 39.2. The predicted octanol–water partition coefficient (Wildman–Crippen LogP) is -8.42. The molecular formula is C93H163N5O48. The second-order valence-corrected chi connectivity index (χ2v) is 39.2. The number of aliphatic hydroxyl groups is 23. The number of carboxylic acids is 3. The molecule has 31 N–H and O–H groups in total. The van der Waals surface area contributed by atoms with Crippen molar-refractivity contribution in [1.29, 1.82) is 0 Å². The quantitative estimate of drug-likeness (QED) is 0.0252. The van der Waals surface area contributed by atoms with Crippen LogP contribution in [0.15, 0.2) is 0 Å². The molecular weight excluding hydrogens is 1960 g/mol. The molecule has 0 saturated carbocycles. The smallest absolute Gasteiger partial charge is 0.364 e. The van der Waals surface area contributed by atoms with Gasteiger partial charge in [-0.15, -0.1) is 0 Å². The van der Waals surface area contributed by atoms with Crippen LogP contribution in [0.25, 0.3) is 0 Å². The first-order valence-corrected chi connectivity index (χ1v) is 50.7. The molecule has 7 aliphatic heterocycles.